The zero-order valence-electron chi connectivity index (χ0n) is 14.4. The van der Waals surface area contributed by atoms with E-state index in [-0.39, 0.29) is 12.5 Å². The Morgan fingerprint density at radius 1 is 0.960 bits per heavy atom. The summed E-state index contributed by atoms with van der Waals surface area (Å²) < 4.78 is 26.6. The predicted molar refractivity (Wildman–Crippen MR) is 93.1 cm³/mol. The van der Waals surface area contributed by atoms with Crippen LogP contribution in [0.4, 0.5) is 0 Å². The number of allylic oxidation sites excluding steroid dienone is 1. The van der Waals surface area contributed by atoms with E-state index in [1.54, 1.807) is 33.5 Å². The lowest BCUT2D eigenvalue weighted by molar-refractivity contribution is 0.174. The summed E-state index contributed by atoms with van der Waals surface area (Å²) in [5.41, 5.74) is 1.66. The molecule has 25 heavy (non-hydrogen) atoms. The number of hydrogen-bond acceptors (Lipinski definition) is 6. The van der Waals surface area contributed by atoms with Crippen LogP contribution in [0.5, 0.6) is 34.5 Å². The Labute approximate surface area is 146 Å². The maximum atomic E-state index is 10.1. The second-order valence-electron chi connectivity index (χ2n) is 5.40. The van der Waals surface area contributed by atoms with Gasteiger partial charge in [0.1, 0.15) is 5.75 Å². The molecule has 0 saturated carbocycles. The monoisotopic (exact) mass is 344 g/mol. The fourth-order valence-corrected chi connectivity index (χ4v) is 2.66. The molecule has 6 heteroatoms. The van der Waals surface area contributed by atoms with E-state index in [1.165, 1.54) is 0 Å². The van der Waals surface area contributed by atoms with Crippen molar-refractivity contribution in [1.29, 1.82) is 0 Å². The molecule has 0 saturated heterocycles. The third-order valence-corrected chi connectivity index (χ3v) is 3.91. The number of methoxy groups -OCH3 is 3. The zero-order valence-corrected chi connectivity index (χ0v) is 14.4. The van der Waals surface area contributed by atoms with Crippen molar-refractivity contribution in [1.82, 2.24) is 0 Å². The number of phenols is 1. The lowest BCUT2D eigenvalue weighted by Crippen LogP contribution is -1.95. The van der Waals surface area contributed by atoms with Gasteiger partial charge in [0.2, 0.25) is 12.5 Å². The summed E-state index contributed by atoms with van der Waals surface area (Å²) in [6.45, 7) is 0.180. The quantitative estimate of drug-likeness (QED) is 0.866. The molecule has 1 N–H and O–H groups in total. The van der Waals surface area contributed by atoms with Crippen molar-refractivity contribution in [3.05, 3.63) is 41.5 Å². The van der Waals surface area contributed by atoms with E-state index in [9.17, 15) is 5.11 Å². The molecule has 3 rings (SSSR count). The molecule has 0 aliphatic carbocycles. The molecule has 0 amide bonds. The van der Waals surface area contributed by atoms with Crippen LogP contribution < -0.4 is 23.7 Å². The molecule has 1 aliphatic heterocycles. The van der Waals surface area contributed by atoms with Crippen molar-refractivity contribution >= 4 is 6.08 Å². The van der Waals surface area contributed by atoms with E-state index in [2.05, 4.69) is 0 Å². The summed E-state index contributed by atoms with van der Waals surface area (Å²) in [6.07, 6.45) is 4.41. The van der Waals surface area contributed by atoms with E-state index in [0.717, 1.165) is 11.1 Å². The van der Waals surface area contributed by atoms with Crippen molar-refractivity contribution in [2.24, 2.45) is 0 Å². The SMILES string of the molecule is COc1cc(/C=C/Cc2cc3c(cc2O)OCO3)cc(OC)c1OC. The third-order valence-electron chi connectivity index (χ3n) is 3.91. The summed E-state index contributed by atoms with van der Waals surface area (Å²) in [5.74, 6) is 3.12. The van der Waals surface area contributed by atoms with Crippen LogP contribution in [0.1, 0.15) is 11.1 Å². The summed E-state index contributed by atoms with van der Waals surface area (Å²) in [6, 6.07) is 7.08. The molecule has 132 valence electrons. The number of phenolic OH excluding ortho intramolecular Hbond substituents is 1. The van der Waals surface area contributed by atoms with Crippen LogP contribution in [0.2, 0.25) is 0 Å². The average Bonchev–Trinajstić information content (AvgIpc) is 3.07. The first-order chi connectivity index (χ1) is 12.2. The summed E-state index contributed by atoms with van der Waals surface area (Å²) in [5, 5.41) is 10.1. The molecule has 2 aromatic rings. The minimum atomic E-state index is 0.179. The van der Waals surface area contributed by atoms with Gasteiger partial charge in [0.05, 0.1) is 21.3 Å². The van der Waals surface area contributed by atoms with Crippen molar-refractivity contribution in [3.8, 4) is 34.5 Å². The lowest BCUT2D eigenvalue weighted by Gasteiger charge is -2.12. The highest BCUT2D eigenvalue weighted by Crippen LogP contribution is 2.39. The maximum Gasteiger partial charge on any atom is 0.231 e. The summed E-state index contributed by atoms with van der Waals surface area (Å²) >= 11 is 0. The first-order valence-electron chi connectivity index (χ1n) is 7.74. The molecule has 1 heterocycles. The Bertz CT molecular complexity index is 772. The second kappa shape index (κ2) is 7.25. The van der Waals surface area contributed by atoms with Crippen molar-refractivity contribution < 1.29 is 28.8 Å². The normalized spacial score (nSPS) is 12.4. The summed E-state index contributed by atoms with van der Waals surface area (Å²) in [7, 11) is 4.73. The van der Waals surface area contributed by atoms with Gasteiger partial charge in [0.25, 0.3) is 0 Å². The van der Waals surface area contributed by atoms with Gasteiger partial charge in [0.15, 0.2) is 23.0 Å². The fourth-order valence-electron chi connectivity index (χ4n) is 2.66. The number of benzene rings is 2. The molecule has 1 aliphatic rings. The summed E-state index contributed by atoms with van der Waals surface area (Å²) in [4.78, 5) is 0. The highest BCUT2D eigenvalue weighted by molar-refractivity contribution is 5.62. The van der Waals surface area contributed by atoms with Gasteiger partial charge in [-0.3, -0.25) is 0 Å². The van der Waals surface area contributed by atoms with Crippen LogP contribution in [-0.2, 0) is 6.42 Å². The van der Waals surface area contributed by atoms with Crippen molar-refractivity contribution in [3.63, 3.8) is 0 Å². The van der Waals surface area contributed by atoms with Crippen molar-refractivity contribution in [2.75, 3.05) is 28.1 Å². The number of hydrogen-bond donors (Lipinski definition) is 1. The number of rotatable bonds is 6. The van der Waals surface area contributed by atoms with Gasteiger partial charge in [-0.25, -0.2) is 0 Å². The first kappa shape index (κ1) is 16.8. The van der Waals surface area contributed by atoms with Gasteiger partial charge in [0, 0.05) is 11.6 Å². The first-order valence-corrected chi connectivity index (χ1v) is 7.74. The molecule has 0 fully saturated rings. The number of aromatic hydroxyl groups is 1. The highest BCUT2D eigenvalue weighted by atomic mass is 16.7. The Morgan fingerprint density at radius 2 is 1.60 bits per heavy atom. The smallest absolute Gasteiger partial charge is 0.231 e. The third kappa shape index (κ3) is 3.42. The molecule has 0 bridgehead atoms. The van der Waals surface area contributed by atoms with E-state index in [0.29, 0.717) is 35.2 Å². The van der Waals surface area contributed by atoms with Crippen LogP contribution in [0.3, 0.4) is 0 Å². The number of fused-ring (bicyclic) bond motifs is 1. The standard InChI is InChI=1S/C19H20O6/c1-21-17-7-12(8-18(22-2)19(17)23-3)5-4-6-13-9-15-16(10-14(13)20)25-11-24-15/h4-5,7-10,20H,6,11H2,1-3H3/b5-4+. The molecule has 0 atom stereocenters. The van der Waals surface area contributed by atoms with Gasteiger partial charge >= 0.3 is 0 Å². The molecule has 0 unspecified atom stereocenters. The molecule has 0 aromatic heterocycles. The van der Waals surface area contributed by atoms with Crippen LogP contribution in [0, 0.1) is 0 Å². The van der Waals surface area contributed by atoms with Crippen LogP contribution >= 0.6 is 0 Å². The van der Waals surface area contributed by atoms with Gasteiger partial charge < -0.3 is 28.8 Å². The topological polar surface area (TPSA) is 66.4 Å². The molecule has 2 aromatic carbocycles. The minimum absolute atomic E-state index is 0.179. The van der Waals surface area contributed by atoms with Gasteiger partial charge in [-0.05, 0) is 30.2 Å². The highest BCUT2D eigenvalue weighted by Gasteiger charge is 2.16. The van der Waals surface area contributed by atoms with Crippen LogP contribution in [-0.4, -0.2) is 33.2 Å². The molecule has 6 nitrogen and oxygen atoms in total. The number of ether oxygens (including phenoxy) is 5. The predicted octanol–water partition coefficient (Wildman–Crippen LogP) is 3.40. The van der Waals surface area contributed by atoms with E-state index < -0.39 is 0 Å². The van der Waals surface area contributed by atoms with Crippen LogP contribution in [0.15, 0.2) is 30.3 Å². The molecule has 0 radical (unpaired) electrons. The van der Waals surface area contributed by atoms with Crippen molar-refractivity contribution in [2.45, 2.75) is 6.42 Å². The Kier molecular flexibility index (Phi) is 4.88. The molecule has 0 spiro atoms. The maximum absolute atomic E-state index is 10.1. The second-order valence-corrected chi connectivity index (χ2v) is 5.40. The fraction of sp³-hybridized carbons (Fsp3) is 0.263. The Morgan fingerprint density at radius 3 is 2.20 bits per heavy atom. The van der Waals surface area contributed by atoms with Gasteiger partial charge in [-0.1, -0.05) is 12.2 Å². The van der Waals surface area contributed by atoms with Crippen LogP contribution in [0.25, 0.3) is 6.08 Å². The van der Waals surface area contributed by atoms with E-state index in [1.807, 2.05) is 24.3 Å². The van der Waals surface area contributed by atoms with E-state index in [4.69, 9.17) is 23.7 Å². The van der Waals surface area contributed by atoms with Gasteiger partial charge in [-0.15, -0.1) is 0 Å². The molecular formula is C19H20O6. The minimum Gasteiger partial charge on any atom is -0.508 e. The lowest BCUT2D eigenvalue weighted by atomic mass is 10.1. The van der Waals surface area contributed by atoms with E-state index >= 15 is 0 Å². The Hall–Kier alpha value is -3.02. The largest absolute Gasteiger partial charge is 0.508 e. The van der Waals surface area contributed by atoms with Gasteiger partial charge in [-0.2, -0.15) is 0 Å². The average molecular weight is 344 g/mol. The molecular weight excluding hydrogens is 324 g/mol. The zero-order chi connectivity index (χ0) is 17.8. The Balaban J connectivity index is 1.81.